The van der Waals surface area contributed by atoms with Gasteiger partial charge in [0, 0.05) is 10.8 Å². The Morgan fingerprint density at radius 1 is 0.933 bits per heavy atom. The van der Waals surface area contributed by atoms with Crippen molar-refractivity contribution in [3.63, 3.8) is 0 Å². The number of fused-ring (bicyclic) bond motifs is 2. The number of hydrogen-bond donors (Lipinski definition) is 0. The van der Waals surface area contributed by atoms with E-state index in [-0.39, 0.29) is 0 Å². The summed E-state index contributed by atoms with van der Waals surface area (Å²) >= 11 is 0. The van der Waals surface area contributed by atoms with Crippen molar-refractivity contribution < 1.29 is 4.74 Å². The van der Waals surface area contributed by atoms with Gasteiger partial charge >= 0.3 is 0 Å². The SMILES string of the molecule is C=c1ccc2c(c1)Oc1ccccc1C=2. The van der Waals surface area contributed by atoms with Crippen LogP contribution in [-0.2, 0) is 0 Å². The Bertz CT molecular complexity index is 626. The van der Waals surface area contributed by atoms with Gasteiger partial charge in [0.15, 0.2) is 0 Å². The summed E-state index contributed by atoms with van der Waals surface area (Å²) in [5.41, 5.74) is 1.13. The van der Waals surface area contributed by atoms with Crippen LogP contribution in [0.2, 0.25) is 0 Å². The lowest BCUT2D eigenvalue weighted by Crippen LogP contribution is -2.14. The van der Waals surface area contributed by atoms with Crippen LogP contribution in [0.25, 0.3) is 12.7 Å². The minimum Gasteiger partial charge on any atom is -0.456 e. The maximum Gasteiger partial charge on any atom is 0.135 e. The Hall–Kier alpha value is -2.02. The van der Waals surface area contributed by atoms with Gasteiger partial charge in [0.1, 0.15) is 11.5 Å². The minimum atomic E-state index is 0.890. The molecule has 1 aliphatic rings. The van der Waals surface area contributed by atoms with E-state index in [9.17, 15) is 0 Å². The van der Waals surface area contributed by atoms with Gasteiger partial charge in [0.05, 0.1) is 0 Å². The van der Waals surface area contributed by atoms with Gasteiger partial charge in [0.25, 0.3) is 0 Å². The normalized spacial score (nSPS) is 12.0. The van der Waals surface area contributed by atoms with Gasteiger partial charge in [-0.2, -0.15) is 0 Å². The first-order valence-electron chi connectivity index (χ1n) is 4.90. The Kier molecular flexibility index (Phi) is 1.65. The van der Waals surface area contributed by atoms with Crippen molar-refractivity contribution in [3.8, 4) is 11.5 Å². The Balaban J connectivity index is 2.33. The second-order valence-electron chi connectivity index (χ2n) is 3.66. The first-order chi connectivity index (χ1) is 7.33. The van der Waals surface area contributed by atoms with Crippen LogP contribution in [0.4, 0.5) is 0 Å². The van der Waals surface area contributed by atoms with Crippen molar-refractivity contribution >= 4 is 12.7 Å². The van der Waals surface area contributed by atoms with E-state index in [1.54, 1.807) is 0 Å². The molecule has 0 N–H and O–H groups in total. The topological polar surface area (TPSA) is 9.23 Å². The standard InChI is InChI=1S/C14H10O/c1-10-6-7-12-9-11-4-2-3-5-13(11)15-14(12)8-10/h2-9H,1H2. The fourth-order valence-electron chi connectivity index (χ4n) is 1.77. The van der Waals surface area contributed by atoms with E-state index in [2.05, 4.69) is 18.7 Å². The average Bonchev–Trinajstić information content (AvgIpc) is 2.26. The molecule has 72 valence electrons. The van der Waals surface area contributed by atoms with Gasteiger partial charge in [-0.25, -0.2) is 0 Å². The van der Waals surface area contributed by atoms with Crippen molar-refractivity contribution in [2.75, 3.05) is 0 Å². The average molecular weight is 194 g/mol. The molecule has 1 nitrogen and oxygen atoms in total. The van der Waals surface area contributed by atoms with Crippen LogP contribution in [0.5, 0.6) is 11.5 Å². The van der Waals surface area contributed by atoms with Crippen LogP contribution >= 0.6 is 0 Å². The number of para-hydroxylation sites is 1. The first kappa shape index (κ1) is 8.30. The van der Waals surface area contributed by atoms with E-state index in [4.69, 9.17) is 4.74 Å². The second-order valence-corrected chi connectivity index (χ2v) is 3.66. The Labute approximate surface area is 87.9 Å². The first-order valence-corrected chi connectivity index (χ1v) is 4.90. The van der Waals surface area contributed by atoms with Crippen molar-refractivity contribution in [1.82, 2.24) is 0 Å². The summed E-state index contributed by atoms with van der Waals surface area (Å²) in [4.78, 5) is 0. The highest BCUT2D eigenvalue weighted by Gasteiger charge is 2.08. The monoisotopic (exact) mass is 194 g/mol. The summed E-state index contributed by atoms with van der Waals surface area (Å²) in [6.07, 6.45) is 2.13. The lowest BCUT2D eigenvalue weighted by atomic mass is 10.1. The predicted octanol–water partition coefficient (Wildman–Crippen LogP) is 2.03. The zero-order chi connectivity index (χ0) is 10.3. The second kappa shape index (κ2) is 2.99. The van der Waals surface area contributed by atoms with Crippen LogP contribution in [0.15, 0.2) is 42.5 Å². The summed E-state index contributed by atoms with van der Waals surface area (Å²) in [6, 6.07) is 14.0. The van der Waals surface area contributed by atoms with E-state index in [0.717, 1.165) is 27.5 Å². The van der Waals surface area contributed by atoms with Crippen LogP contribution in [0.3, 0.4) is 0 Å². The van der Waals surface area contributed by atoms with E-state index < -0.39 is 0 Å². The van der Waals surface area contributed by atoms with Gasteiger partial charge in [-0.15, -0.1) is 0 Å². The fourth-order valence-corrected chi connectivity index (χ4v) is 1.77. The number of benzene rings is 2. The zero-order valence-corrected chi connectivity index (χ0v) is 8.23. The zero-order valence-electron chi connectivity index (χ0n) is 8.23. The van der Waals surface area contributed by atoms with Crippen LogP contribution in [0.1, 0.15) is 5.56 Å². The highest BCUT2D eigenvalue weighted by Crippen LogP contribution is 2.26. The number of hydrogen-bond acceptors (Lipinski definition) is 1. The molecule has 0 fully saturated rings. The summed E-state index contributed by atoms with van der Waals surface area (Å²) in [5.74, 6) is 1.80. The molecule has 3 rings (SSSR count). The van der Waals surface area contributed by atoms with Gasteiger partial charge in [-0.05, 0) is 23.4 Å². The molecule has 15 heavy (non-hydrogen) atoms. The molecule has 0 aromatic heterocycles. The molecule has 2 aromatic carbocycles. The highest BCUT2D eigenvalue weighted by molar-refractivity contribution is 5.62. The number of rotatable bonds is 0. The smallest absolute Gasteiger partial charge is 0.135 e. The van der Waals surface area contributed by atoms with E-state index in [1.807, 2.05) is 36.4 Å². The molecule has 0 bridgehead atoms. The molecule has 0 saturated heterocycles. The molecule has 1 heterocycles. The van der Waals surface area contributed by atoms with Gasteiger partial charge < -0.3 is 4.74 Å². The molecule has 0 aliphatic carbocycles. The quantitative estimate of drug-likeness (QED) is 0.532. The van der Waals surface area contributed by atoms with E-state index in [1.165, 1.54) is 0 Å². The fraction of sp³-hybridized carbons (Fsp3) is 0. The minimum absolute atomic E-state index is 0.890. The molecule has 1 heteroatoms. The molecular formula is C14H10O. The summed E-state index contributed by atoms with van der Waals surface area (Å²) in [5, 5.41) is 2.09. The van der Waals surface area contributed by atoms with Gasteiger partial charge in [0.2, 0.25) is 0 Å². The molecule has 0 spiro atoms. The maximum atomic E-state index is 5.79. The van der Waals surface area contributed by atoms with Crippen molar-refractivity contribution in [2.45, 2.75) is 0 Å². The molecule has 1 aliphatic heterocycles. The Morgan fingerprint density at radius 2 is 1.80 bits per heavy atom. The van der Waals surface area contributed by atoms with Crippen LogP contribution < -0.4 is 15.2 Å². The molecule has 0 amide bonds. The van der Waals surface area contributed by atoms with Crippen molar-refractivity contribution in [2.24, 2.45) is 0 Å². The summed E-state index contributed by atoms with van der Waals surface area (Å²) < 4.78 is 5.79. The molecule has 0 saturated carbocycles. The lowest BCUT2D eigenvalue weighted by molar-refractivity contribution is 0.473. The third kappa shape index (κ3) is 1.33. The van der Waals surface area contributed by atoms with E-state index >= 15 is 0 Å². The third-order valence-corrected chi connectivity index (χ3v) is 2.53. The van der Waals surface area contributed by atoms with Crippen LogP contribution in [-0.4, -0.2) is 0 Å². The lowest BCUT2D eigenvalue weighted by Gasteiger charge is -2.14. The highest BCUT2D eigenvalue weighted by atomic mass is 16.5. The number of ether oxygens (including phenoxy) is 1. The summed E-state index contributed by atoms with van der Waals surface area (Å²) in [7, 11) is 0. The van der Waals surface area contributed by atoms with Crippen molar-refractivity contribution in [3.05, 3.63) is 58.5 Å². The van der Waals surface area contributed by atoms with Crippen molar-refractivity contribution in [1.29, 1.82) is 0 Å². The molecular weight excluding hydrogens is 184 g/mol. The Morgan fingerprint density at radius 3 is 2.73 bits per heavy atom. The van der Waals surface area contributed by atoms with Gasteiger partial charge in [-0.3, -0.25) is 0 Å². The maximum absolute atomic E-state index is 5.79. The van der Waals surface area contributed by atoms with Crippen LogP contribution in [0, 0.1) is 0 Å². The largest absolute Gasteiger partial charge is 0.456 e. The third-order valence-electron chi connectivity index (χ3n) is 2.53. The summed E-state index contributed by atoms with van der Waals surface area (Å²) in [6.45, 7) is 3.89. The molecule has 0 unspecified atom stereocenters. The molecule has 0 radical (unpaired) electrons. The predicted molar refractivity (Wildman–Crippen MR) is 61.3 cm³/mol. The van der Waals surface area contributed by atoms with E-state index in [0.29, 0.717) is 0 Å². The van der Waals surface area contributed by atoms with Gasteiger partial charge in [-0.1, -0.05) is 36.9 Å². The molecule has 2 aromatic rings. The molecule has 0 atom stereocenters.